The van der Waals surface area contributed by atoms with Crippen LogP contribution in [0.1, 0.15) is 29.4 Å². The second-order valence-electron chi connectivity index (χ2n) is 4.60. The Balaban J connectivity index is 2.61. The monoisotopic (exact) mass is 260 g/mol. The zero-order valence-corrected chi connectivity index (χ0v) is 12.0. The van der Waals surface area contributed by atoms with Gasteiger partial charge in [0.25, 0.3) is 0 Å². The van der Waals surface area contributed by atoms with Gasteiger partial charge in [-0.2, -0.15) is 0 Å². The first-order valence-corrected chi connectivity index (χ1v) is 6.50. The molecule has 94 valence electrons. The van der Waals surface area contributed by atoms with Crippen LogP contribution in [0.15, 0.2) is 18.2 Å². The molecule has 18 heavy (non-hydrogen) atoms. The minimum absolute atomic E-state index is 0.509. The molecular formula is C15H17ClN2. The molecule has 2 rings (SSSR count). The van der Waals surface area contributed by atoms with E-state index in [9.17, 15) is 0 Å². The van der Waals surface area contributed by atoms with Crippen LogP contribution >= 0.6 is 11.6 Å². The third-order valence-corrected chi connectivity index (χ3v) is 3.37. The van der Waals surface area contributed by atoms with Gasteiger partial charge in [-0.15, -0.1) is 0 Å². The van der Waals surface area contributed by atoms with E-state index in [0.29, 0.717) is 5.15 Å². The highest BCUT2D eigenvalue weighted by Crippen LogP contribution is 2.26. The Morgan fingerprint density at radius 3 is 2.28 bits per heavy atom. The Hall–Kier alpha value is -1.41. The van der Waals surface area contributed by atoms with Crippen LogP contribution in [0.2, 0.25) is 5.15 Å². The van der Waals surface area contributed by atoms with Crippen molar-refractivity contribution in [1.82, 2.24) is 9.97 Å². The van der Waals surface area contributed by atoms with Crippen LogP contribution in [-0.2, 0) is 6.42 Å². The van der Waals surface area contributed by atoms with Crippen molar-refractivity contribution in [2.24, 2.45) is 0 Å². The molecule has 0 saturated carbocycles. The van der Waals surface area contributed by atoms with Gasteiger partial charge in [0.1, 0.15) is 11.0 Å². The van der Waals surface area contributed by atoms with Gasteiger partial charge in [-0.25, -0.2) is 9.97 Å². The fourth-order valence-electron chi connectivity index (χ4n) is 2.00. The summed E-state index contributed by atoms with van der Waals surface area (Å²) in [5.41, 5.74) is 5.83. The Labute approximate surface area is 113 Å². The summed E-state index contributed by atoms with van der Waals surface area (Å²) < 4.78 is 0. The van der Waals surface area contributed by atoms with Gasteiger partial charge in [0.15, 0.2) is 0 Å². The molecule has 1 aromatic carbocycles. The molecule has 0 radical (unpaired) electrons. The summed E-state index contributed by atoms with van der Waals surface area (Å²) in [7, 11) is 0. The lowest BCUT2D eigenvalue weighted by atomic mass is 9.98. The Bertz CT molecular complexity index is 591. The van der Waals surface area contributed by atoms with E-state index < -0.39 is 0 Å². The number of rotatable bonds is 2. The number of nitrogens with zero attached hydrogens (tertiary/aromatic N) is 2. The van der Waals surface area contributed by atoms with Crippen LogP contribution in [0, 0.1) is 20.8 Å². The van der Waals surface area contributed by atoms with Gasteiger partial charge < -0.3 is 0 Å². The van der Waals surface area contributed by atoms with Crippen LogP contribution < -0.4 is 0 Å². The largest absolute Gasteiger partial charge is 0.233 e. The van der Waals surface area contributed by atoms with Crippen LogP contribution in [-0.4, -0.2) is 9.97 Å². The fraction of sp³-hybridized carbons (Fsp3) is 0.333. The minimum atomic E-state index is 0.509. The zero-order valence-electron chi connectivity index (χ0n) is 11.2. The second kappa shape index (κ2) is 5.07. The van der Waals surface area contributed by atoms with E-state index in [0.717, 1.165) is 23.5 Å². The molecule has 0 unspecified atom stereocenters. The van der Waals surface area contributed by atoms with Crippen molar-refractivity contribution in [3.8, 4) is 11.3 Å². The Morgan fingerprint density at radius 1 is 0.944 bits per heavy atom. The first-order valence-electron chi connectivity index (χ1n) is 6.13. The van der Waals surface area contributed by atoms with Gasteiger partial charge in [0.05, 0.1) is 5.69 Å². The van der Waals surface area contributed by atoms with E-state index in [1.54, 1.807) is 0 Å². The molecule has 0 aliphatic rings. The molecule has 0 spiro atoms. The smallest absolute Gasteiger partial charge is 0.133 e. The highest BCUT2D eigenvalue weighted by molar-refractivity contribution is 6.29. The molecule has 0 atom stereocenters. The standard InChI is InChI=1S/C15H17ClN2/c1-5-15-17-13(8-14(16)18-15)12-7-10(3)9(2)6-11(12)4/h6-8H,5H2,1-4H3. The maximum absolute atomic E-state index is 6.05. The van der Waals surface area contributed by atoms with Crippen LogP contribution in [0.5, 0.6) is 0 Å². The van der Waals surface area contributed by atoms with E-state index in [1.165, 1.54) is 16.7 Å². The molecule has 0 N–H and O–H groups in total. The second-order valence-corrected chi connectivity index (χ2v) is 4.98. The Morgan fingerprint density at radius 2 is 1.61 bits per heavy atom. The van der Waals surface area contributed by atoms with Crippen molar-refractivity contribution in [3.05, 3.63) is 45.9 Å². The third kappa shape index (κ3) is 2.54. The van der Waals surface area contributed by atoms with Gasteiger partial charge in [0, 0.05) is 18.1 Å². The van der Waals surface area contributed by atoms with Gasteiger partial charge in [0.2, 0.25) is 0 Å². The lowest BCUT2D eigenvalue weighted by molar-refractivity contribution is 0.943. The lowest BCUT2D eigenvalue weighted by Crippen LogP contribution is -1.97. The Kier molecular flexibility index (Phi) is 3.67. The molecule has 3 heteroatoms. The zero-order chi connectivity index (χ0) is 13.3. The maximum Gasteiger partial charge on any atom is 0.133 e. The summed E-state index contributed by atoms with van der Waals surface area (Å²) >= 11 is 6.05. The first-order chi connectivity index (χ1) is 8.51. The van der Waals surface area contributed by atoms with Crippen LogP contribution in [0.3, 0.4) is 0 Å². The van der Waals surface area contributed by atoms with Gasteiger partial charge >= 0.3 is 0 Å². The van der Waals surface area contributed by atoms with Crippen molar-refractivity contribution in [3.63, 3.8) is 0 Å². The van der Waals surface area contributed by atoms with Gasteiger partial charge in [-0.3, -0.25) is 0 Å². The number of halogens is 1. The molecule has 0 saturated heterocycles. The predicted molar refractivity (Wildman–Crippen MR) is 76.1 cm³/mol. The summed E-state index contributed by atoms with van der Waals surface area (Å²) in [4.78, 5) is 8.76. The summed E-state index contributed by atoms with van der Waals surface area (Å²) in [5, 5.41) is 0.509. The average molecular weight is 261 g/mol. The van der Waals surface area contributed by atoms with Crippen molar-refractivity contribution in [2.45, 2.75) is 34.1 Å². The molecular weight excluding hydrogens is 244 g/mol. The predicted octanol–water partition coefficient (Wildman–Crippen LogP) is 4.28. The van der Waals surface area contributed by atoms with E-state index in [4.69, 9.17) is 11.6 Å². The molecule has 0 amide bonds. The molecule has 1 aromatic heterocycles. The van der Waals surface area contributed by atoms with Crippen molar-refractivity contribution < 1.29 is 0 Å². The molecule has 2 aromatic rings. The van der Waals surface area contributed by atoms with Crippen molar-refractivity contribution in [2.75, 3.05) is 0 Å². The lowest BCUT2D eigenvalue weighted by Gasteiger charge is -2.10. The average Bonchev–Trinajstić information content (AvgIpc) is 2.33. The number of benzene rings is 1. The molecule has 0 fully saturated rings. The molecule has 1 heterocycles. The van der Waals surface area contributed by atoms with Crippen molar-refractivity contribution >= 4 is 11.6 Å². The van der Waals surface area contributed by atoms with E-state index in [-0.39, 0.29) is 0 Å². The van der Waals surface area contributed by atoms with Crippen LogP contribution in [0.4, 0.5) is 0 Å². The summed E-state index contributed by atoms with van der Waals surface area (Å²) in [5.74, 6) is 0.787. The summed E-state index contributed by atoms with van der Waals surface area (Å²) in [6, 6.07) is 6.19. The van der Waals surface area contributed by atoms with Crippen molar-refractivity contribution in [1.29, 1.82) is 0 Å². The van der Waals surface area contributed by atoms with Gasteiger partial charge in [-0.05, 0) is 43.5 Å². The molecule has 0 bridgehead atoms. The van der Waals surface area contributed by atoms with Gasteiger partial charge in [-0.1, -0.05) is 24.6 Å². The summed E-state index contributed by atoms with van der Waals surface area (Å²) in [6.07, 6.45) is 0.789. The summed E-state index contributed by atoms with van der Waals surface area (Å²) in [6.45, 7) is 8.37. The van der Waals surface area contributed by atoms with E-state index in [1.807, 2.05) is 13.0 Å². The molecule has 0 aliphatic carbocycles. The number of aromatic nitrogens is 2. The minimum Gasteiger partial charge on any atom is -0.233 e. The number of hydrogen-bond acceptors (Lipinski definition) is 2. The van der Waals surface area contributed by atoms with E-state index in [2.05, 4.69) is 42.9 Å². The topological polar surface area (TPSA) is 25.8 Å². The number of hydrogen-bond donors (Lipinski definition) is 0. The normalized spacial score (nSPS) is 10.7. The highest BCUT2D eigenvalue weighted by Gasteiger charge is 2.08. The maximum atomic E-state index is 6.05. The molecule has 2 nitrogen and oxygen atoms in total. The highest BCUT2D eigenvalue weighted by atomic mass is 35.5. The van der Waals surface area contributed by atoms with E-state index >= 15 is 0 Å². The third-order valence-electron chi connectivity index (χ3n) is 3.17. The first kappa shape index (κ1) is 13.0. The quantitative estimate of drug-likeness (QED) is 0.753. The SMILES string of the molecule is CCc1nc(Cl)cc(-c2cc(C)c(C)cc2C)n1. The number of aryl methyl sites for hydroxylation is 4. The van der Waals surface area contributed by atoms with Crippen LogP contribution in [0.25, 0.3) is 11.3 Å². The fourth-order valence-corrected chi connectivity index (χ4v) is 2.20. The molecule has 0 aliphatic heterocycles.